The van der Waals surface area contributed by atoms with Gasteiger partial charge in [-0.3, -0.25) is 4.79 Å². The third-order valence-electron chi connectivity index (χ3n) is 4.58. The van der Waals surface area contributed by atoms with Crippen LogP contribution in [-0.4, -0.2) is 38.8 Å². The topological polar surface area (TPSA) is 75.7 Å². The smallest absolute Gasteiger partial charge is 0.243 e. The minimum Gasteiger partial charge on any atom is -0.497 e. The number of amides is 1. The molecule has 1 aliphatic rings. The van der Waals surface area contributed by atoms with Crippen LogP contribution in [-0.2, 0) is 14.8 Å². The summed E-state index contributed by atoms with van der Waals surface area (Å²) in [5.41, 5.74) is 0.527. The van der Waals surface area contributed by atoms with E-state index in [1.807, 2.05) is 0 Å². The molecule has 0 saturated carbocycles. The summed E-state index contributed by atoms with van der Waals surface area (Å²) in [5, 5.41) is 3.25. The van der Waals surface area contributed by atoms with Crippen molar-refractivity contribution in [2.75, 3.05) is 25.5 Å². The van der Waals surface area contributed by atoms with Crippen LogP contribution >= 0.6 is 11.6 Å². The number of para-hydroxylation sites is 1. The van der Waals surface area contributed by atoms with Crippen molar-refractivity contribution in [3.05, 3.63) is 53.6 Å². The number of nitrogens with zero attached hydrogens (tertiary/aromatic N) is 1. The van der Waals surface area contributed by atoms with E-state index in [0.29, 0.717) is 35.8 Å². The van der Waals surface area contributed by atoms with Gasteiger partial charge in [0.05, 0.1) is 28.6 Å². The van der Waals surface area contributed by atoms with Crippen molar-refractivity contribution in [1.82, 2.24) is 4.31 Å². The number of hydrogen-bond acceptors (Lipinski definition) is 4. The lowest BCUT2D eigenvalue weighted by Crippen LogP contribution is -2.43. The first-order chi connectivity index (χ1) is 12.9. The first kappa shape index (κ1) is 19.7. The number of ether oxygens (including phenoxy) is 1. The highest BCUT2D eigenvalue weighted by Gasteiger charge is 2.33. The maximum Gasteiger partial charge on any atom is 0.243 e. The molecule has 0 spiro atoms. The molecule has 1 aliphatic heterocycles. The van der Waals surface area contributed by atoms with Crippen molar-refractivity contribution < 1.29 is 17.9 Å². The largest absolute Gasteiger partial charge is 0.497 e. The van der Waals surface area contributed by atoms with Crippen LogP contribution in [0.5, 0.6) is 5.75 Å². The fraction of sp³-hybridized carbons (Fsp3) is 0.316. The van der Waals surface area contributed by atoms with Crippen molar-refractivity contribution in [3.8, 4) is 5.75 Å². The molecular formula is C19H21ClN2O4S. The van der Waals surface area contributed by atoms with Crippen molar-refractivity contribution in [2.24, 2.45) is 5.92 Å². The number of halogens is 1. The highest BCUT2D eigenvalue weighted by molar-refractivity contribution is 7.89. The Morgan fingerprint density at radius 1 is 1.19 bits per heavy atom. The van der Waals surface area contributed by atoms with Gasteiger partial charge < -0.3 is 10.1 Å². The second-order valence-corrected chi connectivity index (χ2v) is 8.69. The van der Waals surface area contributed by atoms with Gasteiger partial charge in [-0.05, 0) is 49.2 Å². The Labute approximate surface area is 164 Å². The lowest BCUT2D eigenvalue weighted by Gasteiger charge is -2.31. The van der Waals surface area contributed by atoms with E-state index in [0.717, 1.165) is 0 Å². The molecule has 0 aliphatic carbocycles. The van der Waals surface area contributed by atoms with Crippen LogP contribution < -0.4 is 10.1 Å². The summed E-state index contributed by atoms with van der Waals surface area (Å²) in [6.07, 6.45) is 1.25. The molecular weight excluding hydrogens is 388 g/mol. The Morgan fingerprint density at radius 2 is 1.89 bits per heavy atom. The summed E-state index contributed by atoms with van der Waals surface area (Å²) in [7, 11) is -2.14. The summed E-state index contributed by atoms with van der Waals surface area (Å²) in [5.74, 6) is -0.0645. The van der Waals surface area contributed by atoms with Gasteiger partial charge in [0.2, 0.25) is 15.9 Å². The maximum atomic E-state index is 12.9. The van der Waals surface area contributed by atoms with Crippen LogP contribution in [0.25, 0.3) is 0 Å². The maximum absolute atomic E-state index is 12.9. The molecule has 1 heterocycles. The number of nitrogens with one attached hydrogen (secondary N) is 1. The zero-order valence-corrected chi connectivity index (χ0v) is 16.5. The molecule has 2 aromatic carbocycles. The normalized spacial score (nSPS) is 18.1. The van der Waals surface area contributed by atoms with Crippen molar-refractivity contribution in [3.63, 3.8) is 0 Å². The molecule has 0 unspecified atom stereocenters. The molecule has 1 saturated heterocycles. The Kier molecular flexibility index (Phi) is 6.04. The van der Waals surface area contributed by atoms with Crippen molar-refractivity contribution in [2.45, 2.75) is 17.7 Å². The molecule has 6 nitrogen and oxygen atoms in total. The number of carbonyl (C=O) groups excluding carboxylic acids is 1. The minimum absolute atomic E-state index is 0.144. The van der Waals surface area contributed by atoms with Crippen LogP contribution in [0, 0.1) is 5.92 Å². The molecule has 1 amide bonds. The first-order valence-electron chi connectivity index (χ1n) is 8.61. The predicted octanol–water partition coefficient (Wildman–Crippen LogP) is 3.39. The van der Waals surface area contributed by atoms with Crippen molar-refractivity contribution >= 4 is 33.2 Å². The summed E-state index contributed by atoms with van der Waals surface area (Å²) in [4.78, 5) is 12.8. The molecule has 1 fully saturated rings. The molecule has 0 bridgehead atoms. The van der Waals surface area contributed by atoms with Gasteiger partial charge >= 0.3 is 0 Å². The van der Waals surface area contributed by atoms with E-state index in [-0.39, 0.29) is 17.3 Å². The fourth-order valence-electron chi connectivity index (χ4n) is 3.07. The Balaban J connectivity index is 1.72. The molecule has 1 atom stereocenters. The first-order valence-corrected chi connectivity index (χ1v) is 10.4. The highest BCUT2D eigenvalue weighted by atomic mass is 35.5. The van der Waals surface area contributed by atoms with E-state index in [1.54, 1.807) is 36.4 Å². The molecule has 0 radical (unpaired) electrons. The number of hydrogen-bond donors (Lipinski definition) is 1. The monoisotopic (exact) mass is 408 g/mol. The van der Waals surface area contributed by atoms with E-state index >= 15 is 0 Å². The average Bonchev–Trinajstić information content (AvgIpc) is 2.70. The number of methoxy groups -OCH3 is 1. The highest BCUT2D eigenvalue weighted by Crippen LogP contribution is 2.27. The minimum atomic E-state index is -3.66. The predicted molar refractivity (Wildman–Crippen MR) is 105 cm³/mol. The average molecular weight is 409 g/mol. The lowest BCUT2D eigenvalue weighted by molar-refractivity contribution is -0.120. The van der Waals surface area contributed by atoms with E-state index in [2.05, 4.69) is 5.32 Å². The molecule has 8 heteroatoms. The fourth-order valence-corrected chi connectivity index (χ4v) is 4.78. The third kappa shape index (κ3) is 4.43. The number of carbonyl (C=O) groups is 1. The number of piperidine rings is 1. The Bertz CT molecular complexity index is 916. The van der Waals surface area contributed by atoms with E-state index in [1.165, 1.54) is 23.5 Å². The van der Waals surface area contributed by atoms with E-state index in [9.17, 15) is 13.2 Å². The van der Waals surface area contributed by atoms with Gasteiger partial charge in [0.1, 0.15) is 5.75 Å². The molecule has 2 aromatic rings. The van der Waals surface area contributed by atoms with Crippen LogP contribution in [0.1, 0.15) is 12.8 Å². The number of anilines is 1. The van der Waals surface area contributed by atoms with Crippen LogP contribution in [0.3, 0.4) is 0 Å². The Morgan fingerprint density at radius 3 is 2.56 bits per heavy atom. The van der Waals surface area contributed by atoms with Gasteiger partial charge in [-0.1, -0.05) is 23.7 Å². The lowest BCUT2D eigenvalue weighted by atomic mass is 9.99. The van der Waals surface area contributed by atoms with Crippen LogP contribution in [0.15, 0.2) is 53.4 Å². The van der Waals surface area contributed by atoms with Gasteiger partial charge in [-0.15, -0.1) is 0 Å². The molecule has 0 aromatic heterocycles. The Hall–Kier alpha value is -2.09. The standard InChI is InChI=1S/C19H21ClN2O4S/c1-26-15-8-10-16(11-9-15)27(24,25)22-12-4-5-14(13-22)19(23)21-18-7-3-2-6-17(18)20/h2-3,6-11,14H,4-5,12-13H2,1H3,(H,21,23)/t14-/m0/s1. The van der Waals surface area contributed by atoms with Crippen LogP contribution in [0.4, 0.5) is 5.69 Å². The molecule has 27 heavy (non-hydrogen) atoms. The molecule has 3 rings (SSSR count). The SMILES string of the molecule is COc1ccc(S(=O)(=O)N2CCC[C@H](C(=O)Nc3ccccc3Cl)C2)cc1. The summed E-state index contributed by atoms with van der Waals surface area (Å²) < 4.78 is 32.2. The summed E-state index contributed by atoms with van der Waals surface area (Å²) >= 11 is 6.08. The summed E-state index contributed by atoms with van der Waals surface area (Å²) in [6, 6.07) is 13.2. The second kappa shape index (κ2) is 8.29. The van der Waals surface area contributed by atoms with E-state index < -0.39 is 15.9 Å². The number of sulfonamides is 1. The zero-order chi connectivity index (χ0) is 19.4. The van der Waals surface area contributed by atoms with Gasteiger partial charge in [-0.25, -0.2) is 8.42 Å². The van der Waals surface area contributed by atoms with Gasteiger partial charge in [-0.2, -0.15) is 4.31 Å². The molecule has 1 N–H and O–H groups in total. The van der Waals surface area contributed by atoms with Gasteiger partial charge in [0.25, 0.3) is 0 Å². The molecule has 144 valence electrons. The quantitative estimate of drug-likeness (QED) is 0.822. The van der Waals surface area contributed by atoms with E-state index in [4.69, 9.17) is 16.3 Å². The number of benzene rings is 2. The number of rotatable bonds is 5. The van der Waals surface area contributed by atoms with Gasteiger partial charge in [0.15, 0.2) is 0 Å². The zero-order valence-electron chi connectivity index (χ0n) is 14.9. The van der Waals surface area contributed by atoms with Gasteiger partial charge in [0, 0.05) is 13.1 Å². The summed E-state index contributed by atoms with van der Waals surface area (Å²) in [6.45, 7) is 0.537. The van der Waals surface area contributed by atoms with Crippen LogP contribution in [0.2, 0.25) is 5.02 Å². The van der Waals surface area contributed by atoms with Crippen molar-refractivity contribution in [1.29, 1.82) is 0 Å². The second-order valence-electron chi connectivity index (χ2n) is 6.35. The third-order valence-corrected chi connectivity index (χ3v) is 6.79.